The highest BCUT2D eigenvalue weighted by molar-refractivity contribution is 6.31. The molecule has 1 aromatic rings. The van der Waals surface area contributed by atoms with Gasteiger partial charge < -0.3 is 18.9 Å². The van der Waals surface area contributed by atoms with Crippen LogP contribution in [0.4, 0.5) is 0 Å². The quantitative estimate of drug-likeness (QED) is 0.458. The van der Waals surface area contributed by atoms with Crippen molar-refractivity contribution in [2.24, 2.45) is 0 Å². The van der Waals surface area contributed by atoms with Crippen LogP contribution in [0.2, 0.25) is 0 Å². The monoisotopic (exact) mass is 258 g/mol. The summed E-state index contributed by atoms with van der Waals surface area (Å²) in [5, 5.41) is 0. The van der Waals surface area contributed by atoms with Crippen LogP contribution in [0.3, 0.4) is 0 Å². The fraction of sp³-hybridized carbons (Fsp3) is 0.364. The van der Waals surface area contributed by atoms with Gasteiger partial charge in [-0.2, -0.15) is 0 Å². The number of carbonyl (C=O) groups is 1. The number of ether oxygens (including phenoxy) is 4. The van der Waals surface area contributed by atoms with E-state index in [4.69, 9.17) is 30.5 Å². The van der Waals surface area contributed by atoms with E-state index >= 15 is 0 Å². The van der Waals surface area contributed by atoms with E-state index in [9.17, 15) is 4.79 Å². The fourth-order valence-corrected chi connectivity index (χ4v) is 1.66. The van der Waals surface area contributed by atoms with Crippen molar-refractivity contribution in [2.45, 2.75) is 0 Å². The molecule has 0 saturated heterocycles. The van der Waals surface area contributed by atoms with Gasteiger partial charge in [-0.1, -0.05) is 0 Å². The van der Waals surface area contributed by atoms with Gasteiger partial charge in [0.15, 0.2) is 24.1 Å². The highest BCUT2D eigenvalue weighted by atomic mass is 35.5. The van der Waals surface area contributed by atoms with Crippen molar-refractivity contribution >= 4 is 17.4 Å². The number of methoxy groups -OCH3 is 1. The molecular weight excluding hydrogens is 248 g/mol. The van der Waals surface area contributed by atoms with Gasteiger partial charge in [-0.15, -0.1) is 11.6 Å². The van der Waals surface area contributed by atoms with Gasteiger partial charge in [0.05, 0.1) is 5.88 Å². The highest BCUT2D eigenvalue weighted by Gasteiger charge is 2.26. The van der Waals surface area contributed by atoms with Crippen LogP contribution in [0.5, 0.6) is 17.2 Å². The first-order valence-electron chi connectivity index (χ1n) is 4.91. The number of benzene rings is 1. The van der Waals surface area contributed by atoms with Crippen molar-refractivity contribution in [1.82, 2.24) is 0 Å². The smallest absolute Gasteiger partial charge is 0.231 e. The summed E-state index contributed by atoms with van der Waals surface area (Å²) in [7, 11) is 1.50. The molecule has 92 valence electrons. The van der Waals surface area contributed by atoms with Crippen LogP contribution < -0.4 is 14.2 Å². The minimum atomic E-state index is -0.278. The maximum absolute atomic E-state index is 11.8. The van der Waals surface area contributed by atoms with Crippen LogP contribution in [0, 0.1) is 0 Å². The van der Waals surface area contributed by atoms with Gasteiger partial charge in [-0.25, -0.2) is 0 Å². The molecule has 5 nitrogen and oxygen atoms in total. The molecule has 2 rings (SSSR count). The zero-order valence-electron chi connectivity index (χ0n) is 9.20. The van der Waals surface area contributed by atoms with Gasteiger partial charge in [0.2, 0.25) is 6.79 Å². The third-order valence-corrected chi connectivity index (χ3v) is 2.48. The van der Waals surface area contributed by atoms with Crippen molar-refractivity contribution in [3.8, 4) is 17.2 Å². The number of ketones is 1. The Morgan fingerprint density at radius 1 is 1.47 bits per heavy atom. The van der Waals surface area contributed by atoms with E-state index in [0.29, 0.717) is 22.8 Å². The predicted molar refractivity (Wildman–Crippen MR) is 60.1 cm³/mol. The molecule has 0 radical (unpaired) electrons. The highest BCUT2D eigenvalue weighted by Crippen LogP contribution is 2.41. The van der Waals surface area contributed by atoms with Crippen molar-refractivity contribution in [2.75, 3.05) is 26.6 Å². The van der Waals surface area contributed by atoms with E-state index in [2.05, 4.69) is 0 Å². The van der Waals surface area contributed by atoms with Gasteiger partial charge in [0.25, 0.3) is 0 Å². The number of fused-ring (bicyclic) bond motifs is 1. The molecule has 0 amide bonds. The fourth-order valence-electron chi connectivity index (χ4n) is 1.53. The summed E-state index contributed by atoms with van der Waals surface area (Å²) in [6.07, 6.45) is 0. The second-order valence-electron chi connectivity index (χ2n) is 3.28. The normalized spacial score (nSPS) is 12.6. The molecule has 6 heteroatoms. The molecule has 0 bridgehead atoms. The lowest BCUT2D eigenvalue weighted by molar-refractivity contribution is 0.0501. The Bertz CT molecular complexity index is 432. The Morgan fingerprint density at radius 3 is 3.00 bits per heavy atom. The number of Topliss-reactive ketones (excluding diaryl/α,β-unsaturated/α-hetero) is 1. The summed E-state index contributed by atoms with van der Waals surface area (Å²) in [4.78, 5) is 11.8. The van der Waals surface area contributed by atoms with Crippen molar-refractivity contribution in [3.63, 3.8) is 0 Å². The molecule has 1 aliphatic rings. The molecule has 0 fully saturated rings. The first-order valence-corrected chi connectivity index (χ1v) is 5.45. The third kappa shape index (κ3) is 2.30. The van der Waals surface area contributed by atoms with E-state index in [0.717, 1.165) is 0 Å². The molecule has 1 heterocycles. The minimum Gasteiger partial charge on any atom is -0.467 e. The van der Waals surface area contributed by atoms with Gasteiger partial charge >= 0.3 is 0 Å². The summed E-state index contributed by atoms with van der Waals surface area (Å²) in [6.45, 7) is 0.133. The summed E-state index contributed by atoms with van der Waals surface area (Å²) < 4.78 is 20.5. The number of alkyl halides is 1. The summed E-state index contributed by atoms with van der Waals surface area (Å²) in [6, 6.07) is 3.31. The largest absolute Gasteiger partial charge is 0.467 e. The van der Waals surface area contributed by atoms with Crippen LogP contribution in [0.25, 0.3) is 0 Å². The zero-order chi connectivity index (χ0) is 12.3. The summed E-state index contributed by atoms with van der Waals surface area (Å²) >= 11 is 5.56. The third-order valence-electron chi connectivity index (χ3n) is 2.23. The lowest BCUT2D eigenvalue weighted by Crippen LogP contribution is -2.08. The molecule has 1 aromatic carbocycles. The molecule has 0 spiro atoms. The predicted octanol–water partition coefficient (Wildman–Crippen LogP) is 1.82. The second-order valence-corrected chi connectivity index (χ2v) is 3.55. The maximum Gasteiger partial charge on any atom is 0.231 e. The van der Waals surface area contributed by atoms with Crippen LogP contribution in [-0.4, -0.2) is 32.4 Å². The maximum atomic E-state index is 11.8. The molecular formula is C11H11ClO5. The molecule has 0 aliphatic carbocycles. The topological polar surface area (TPSA) is 54.0 Å². The van der Waals surface area contributed by atoms with E-state index in [1.807, 2.05) is 0 Å². The molecule has 0 aromatic heterocycles. The summed E-state index contributed by atoms with van der Waals surface area (Å²) in [5.41, 5.74) is 0.298. The number of rotatable bonds is 5. The Kier molecular flexibility index (Phi) is 3.71. The van der Waals surface area contributed by atoms with Gasteiger partial charge in [-0.05, 0) is 12.1 Å². The second kappa shape index (κ2) is 5.25. The van der Waals surface area contributed by atoms with Crippen LogP contribution in [0.15, 0.2) is 12.1 Å². The molecule has 17 heavy (non-hydrogen) atoms. The number of hydrogen-bond acceptors (Lipinski definition) is 5. The lowest BCUT2D eigenvalue weighted by atomic mass is 10.1. The van der Waals surface area contributed by atoms with E-state index < -0.39 is 0 Å². The van der Waals surface area contributed by atoms with E-state index in [1.165, 1.54) is 7.11 Å². The van der Waals surface area contributed by atoms with Crippen LogP contribution >= 0.6 is 11.6 Å². The Hall–Kier alpha value is -1.46. The van der Waals surface area contributed by atoms with E-state index in [1.54, 1.807) is 12.1 Å². The first kappa shape index (κ1) is 12.0. The number of halogens is 1. The molecule has 0 unspecified atom stereocenters. The van der Waals surface area contributed by atoms with Gasteiger partial charge in [0, 0.05) is 7.11 Å². The van der Waals surface area contributed by atoms with Crippen molar-refractivity contribution < 1.29 is 23.7 Å². The van der Waals surface area contributed by atoms with Gasteiger partial charge in [0.1, 0.15) is 11.3 Å². The van der Waals surface area contributed by atoms with Crippen molar-refractivity contribution in [3.05, 3.63) is 17.7 Å². The molecule has 0 N–H and O–H groups in total. The average Bonchev–Trinajstić information content (AvgIpc) is 2.82. The Labute approximate surface area is 103 Å². The summed E-state index contributed by atoms with van der Waals surface area (Å²) in [5.74, 6) is 0.845. The lowest BCUT2D eigenvalue weighted by Gasteiger charge is -2.11. The van der Waals surface area contributed by atoms with E-state index in [-0.39, 0.29) is 25.2 Å². The zero-order valence-corrected chi connectivity index (χ0v) is 9.95. The van der Waals surface area contributed by atoms with Crippen LogP contribution in [0.1, 0.15) is 10.4 Å². The van der Waals surface area contributed by atoms with Gasteiger partial charge in [-0.3, -0.25) is 4.79 Å². The SMILES string of the molecule is COCOc1ccc2c(c1C(=O)CCl)OCO2. The Morgan fingerprint density at radius 2 is 2.29 bits per heavy atom. The molecule has 1 aliphatic heterocycles. The average molecular weight is 259 g/mol. The molecule has 0 saturated carbocycles. The van der Waals surface area contributed by atoms with Crippen LogP contribution in [-0.2, 0) is 4.74 Å². The minimum absolute atomic E-state index is 0.0439. The molecule has 0 atom stereocenters. The standard InChI is InChI=1S/C11H11ClO5/c1-14-5-15-8-2-3-9-11(17-6-16-9)10(8)7(13)4-12/h2-3H,4-6H2,1H3. The Balaban J connectivity index is 2.41. The first-order chi connectivity index (χ1) is 8.27. The number of carbonyl (C=O) groups excluding carboxylic acids is 1. The number of hydrogen-bond donors (Lipinski definition) is 0. The van der Waals surface area contributed by atoms with Crippen molar-refractivity contribution in [1.29, 1.82) is 0 Å².